The second kappa shape index (κ2) is 7.74. The first-order chi connectivity index (χ1) is 11.1. The highest BCUT2D eigenvalue weighted by Gasteiger charge is 2.17. The number of rotatable bonds is 3. The van der Waals surface area contributed by atoms with Crippen molar-refractivity contribution in [1.82, 2.24) is 4.98 Å². The molecule has 1 aromatic heterocycles. The van der Waals surface area contributed by atoms with E-state index < -0.39 is 11.9 Å². The third kappa shape index (κ3) is 4.96. The van der Waals surface area contributed by atoms with E-state index in [1.54, 1.807) is 0 Å². The van der Waals surface area contributed by atoms with E-state index in [9.17, 15) is 9.59 Å². The van der Waals surface area contributed by atoms with Crippen LogP contribution in [-0.2, 0) is 22.7 Å². The summed E-state index contributed by atoms with van der Waals surface area (Å²) in [4.78, 5) is 25.5. The molecule has 0 aliphatic carbocycles. The van der Waals surface area contributed by atoms with Crippen molar-refractivity contribution in [2.75, 3.05) is 4.90 Å². The molecule has 0 unspecified atom stereocenters. The molecule has 118 valence electrons. The Kier molecular flexibility index (Phi) is 5.46. The topological polar surface area (TPSA) is 90.7 Å². The monoisotopic (exact) mass is 312 g/mol. The summed E-state index contributed by atoms with van der Waals surface area (Å²) in [6.45, 7) is 2.03. The zero-order chi connectivity index (χ0) is 16.7. The van der Waals surface area contributed by atoms with Crippen LogP contribution < -0.4 is 4.90 Å². The van der Waals surface area contributed by atoms with Gasteiger partial charge in [-0.2, -0.15) is 0 Å². The fraction of sp³-hybridized carbons (Fsp3) is 0.118. The van der Waals surface area contributed by atoms with E-state index in [4.69, 9.17) is 10.2 Å². The van der Waals surface area contributed by atoms with Gasteiger partial charge in [0.05, 0.1) is 0 Å². The lowest BCUT2D eigenvalue weighted by atomic mass is 10.1. The molecule has 0 spiro atoms. The van der Waals surface area contributed by atoms with Gasteiger partial charge in [0.1, 0.15) is 0 Å². The van der Waals surface area contributed by atoms with Crippen LogP contribution in [0, 0.1) is 0 Å². The third-order valence-corrected chi connectivity index (χ3v) is 3.24. The second-order valence-electron chi connectivity index (χ2n) is 4.84. The third-order valence-electron chi connectivity index (χ3n) is 3.24. The van der Waals surface area contributed by atoms with E-state index in [0.717, 1.165) is 13.1 Å². The molecule has 1 aliphatic rings. The van der Waals surface area contributed by atoms with E-state index in [1.165, 1.54) is 16.8 Å². The van der Waals surface area contributed by atoms with Crippen molar-refractivity contribution >= 4 is 17.6 Å². The van der Waals surface area contributed by atoms with Gasteiger partial charge in [0.2, 0.25) is 0 Å². The summed E-state index contributed by atoms with van der Waals surface area (Å²) < 4.78 is 0. The van der Waals surface area contributed by atoms with Gasteiger partial charge in [-0.1, -0.05) is 24.3 Å². The van der Waals surface area contributed by atoms with E-state index in [0.29, 0.717) is 12.2 Å². The molecular weight excluding hydrogens is 296 g/mol. The zero-order valence-corrected chi connectivity index (χ0v) is 12.3. The van der Waals surface area contributed by atoms with Crippen molar-refractivity contribution in [2.24, 2.45) is 0 Å². The lowest BCUT2D eigenvalue weighted by Crippen LogP contribution is -2.14. The van der Waals surface area contributed by atoms with Crippen LogP contribution in [0.25, 0.3) is 0 Å². The Morgan fingerprint density at radius 2 is 1.39 bits per heavy atom. The largest absolute Gasteiger partial charge is 0.478 e. The Hall–Kier alpha value is -3.15. The molecule has 6 nitrogen and oxygen atoms in total. The summed E-state index contributed by atoms with van der Waals surface area (Å²) in [5, 5.41) is 15.6. The first-order valence-electron chi connectivity index (χ1n) is 6.92. The van der Waals surface area contributed by atoms with Gasteiger partial charge in [0.15, 0.2) is 0 Å². The second-order valence-corrected chi connectivity index (χ2v) is 4.84. The number of anilines is 1. The number of carbonyl (C=O) groups is 2. The van der Waals surface area contributed by atoms with Crippen LogP contribution in [0.1, 0.15) is 11.1 Å². The minimum atomic E-state index is -1.26. The summed E-state index contributed by atoms with van der Waals surface area (Å²) in [5.74, 6) is -2.51. The molecule has 2 aromatic rings. The molecule has 3 rings (SSSR count). The average Bonchev–Trinajstić information content (AvgIpc) is 2.98. The predicted molar refractivity (Wildman–Crippen MR) is 85.0 cm³/mol. The Balaban J connectivity index is 0.000000207. The lowest BCUT2D eigenvalue weighted by Gasteiger charge is -2.16. The molecule has 23 heavy (non-hydrogen) atoms. The van der Waals surface area contributed by atoms with Crippen molar-refractivity contribution < 1.29 is 19.8 Å². The molecule has 0 radical (unpaired) electrons. The molecule has 0 saturated heterocycles. The Morgan fingerprint density at radius 1 is 0.913 bits per heavy atom. The number of benzene rings is 1. The summed E-state index contributed by atoms with van der Waals surface area (Å²) in [6.07, 6.45) is 4.81. The average molecular weight is 312 g/mol. The van der Waals surface area contributed by atoms with E-state index in [-0.39, 0.29) is 0 Å². The maximum absolute atomic E-state index is 9.55. The van der Waals surface area contributed by atoms with Gasteiger partial charge in [-0.3, -0.25) is 4.98 Å². The normalized spacial score (nSPS) is 12.4. The maximum Gasteiger partial charge on any atom is 0.328 e. The van der Waals surface area contributed by atoms with Gasteiger partial charge in [-0.05, 0) is 23.3 Å². The van der Waals surface area contributed by atoms with Crippen LogP contribution in [0.5, 0.6) is 0 Å². The highest BCUT2D eigenvalue weighted by Crippen LogP contribution is 2.27. The summed E-state index contributed by atoms with van der Waals surface area (Å²) in [6, 6.07) is 12.7. The van der Waals surface area contributed by atoms with Gasteiger partial charge in [0, 0.05) is 43.3 Å². The van der Waals surface area contributed by atoms with Gasteiger partial charge in [0.25, 0.3) is 0 Å². The van der Waals surface area contributed by atoms with Crippen molar-refractivity contribution in [3.8, 4) is 0 Å². The summed E-state index contributed by atoms with van der Waals surface area (Å²) in [7, 11) is 0. The van der Waals surface area contributed by atoms with Crippen LogP contribution in [0.3, 0.4) is 0 Å². The number of carboxylic acids is 2. The number of aromatic nitrogens is 1. The lowest BCUT2D eigenvalue weighted by molar-refractivity contribution is -0.134. The number of fused-ring (bicyclic) bond motifs is 1. The number of nitrogens with zero attached hydrogens (tertiary/aromatic N) is 2. The molecule has 1 aromatic carbocycles. The van der Waals surface area contributed by atoms with Crippen LogP contribution >= 0.6 is 0 Å². The van der Waals surface area contributed by atoms with Crippen molar-refractivity contribution in [1.29, 1.82) is 0 Å². The van der Waals surface area contributed by atoms with Crippen LogP contribution in [0.4, 0.5) is 5.69 Å². The van der Waals surface area contributed by atoms with E-state index >= 15 is 0 Å². The Morgan fingerprint density at radius 3 is 1.83 bits per heavy atom. The molecule has 0 atom stereocenters. The minimum Gasteiger partial charge on any atom is -0.478 e. The minimum absolute atomic E-state index is 0.558. The molecule has 0 fully saturated rings. The van der Waals surface area contributed by atoms with Gasteiger partial charge >= 0.3 is 11.9 Å². The van der Waals surface area contributed by atoms with Gasteiger partial charge < -0.3 is 15.1 Å². The first-order valence-corrected chi connectivity index (χ1v) is 6.92. The maximum atomic E-state index is 9.55. The van der Waals surface area contributed by atoms with Crippen molar-refractivity contribution in [3.05, 3.63) is 72.1 Å². The fourth-order valence-corrected chi connectivity index (χ4v) is 2.21. The fourth-order valence-electron chi connectivity index (χ4n) is 2.21. The quantitative estimate of drug-likeness (QED) is 0.845. The predicted octanol–water partition coefficient (Wildman–Crippen LogP) is 2.31. The number of aliphatic carboxylic acids is 2. The highest BCUT2D eigenvalue weighted by molar-refractivity contribution is 5.89. The number of hydrogen-bond acceptors (Lipinski definition) is 4. The highest BCUT2D eigenvalue weighted by atomic mass is 16.4. The molecule has 0 amide bonds. The molecular formula is C17H16N2O4. The number of carboxylic acid groups (broad SMARTS) is 2. The molecule has 2 N–H and O–H groups in total. The van der Waals surface area contributed by atoms with Crippen LogP contribution in [-0.4, -0.2) is 27.1 Å². The standard InChI is InChI=1S/C13H12N2.C4H4O4/c1-2-4-12-10-15(9-11(12)3-1)13-5-7-14-8-6-13;5-3(6)1-2-4(7)8/h1-8H,9-10H2;1-2H,(H,5,6)(H,7,8). The molecule has 2 heterocycles. The number of pyridine rings is 1. The van der Waals surface area contributed by atoms with Gasteiger partial charge in [-0.15, -0.1) is 0 Å². The van der Waals surface area contributed by atoms with Crippen molar-refractivity contribution in [3.63, 3.8) is 0 Å². The van der Waals surface area contributed by atoms with Crippen molar-refractivity contribution in [2.45, 2.75) is 13.1 Å². The smallest absolute Gasteiger partial charge is 0.328 e. The zero-order valence-electron chi connectivity index (χ0n) is 12.3. The molecule has 6 heteroatoms. The first kappa shape index (κ1) is 16.2. The molecule has 0 saturated carbocycles. The number of hydrogen-bond donors (Lipinski definition) is 2. The SMILES string of the molecule is O=C(O)C=CC(=O)O.c1ccc2c(c1)CN(c1ccncc1)C2. The summed E-state index contributed by atoms with van der Waals surface area (Å²) >= 11 is 0. The van der Waals surface area contributed by atoms with Crippen LogP contribution in [0.2, 0.25) is 0 Å². The van der Waals surface area contributed by atoms with Crippen LogP contribution in [0.15, 0.2) is 60.9 Å². The van der Waals surface area contributed by atoms with E-state index in [1.807, 2.05) is 12.4 Å². The Labute approximate surface area is 133 Å². The molecule has 1 aliphatic heterocycles. The Bertz CT molecular complexity index is 673. The summed E-state index contributed by atoms with van der Waals surface area (Å²) in [5.41, 5.74) is 4.13. The van der Waals surface area contributed by atoms with Gasteiger partial charge in [-0.25, -0.2) is 9.59 Å². The van der Waals surface area contributed by atoms with E-state index in [2.05, 4.69) is 46.3 Å². The molecule has 0 bridgehead atoms.